The normalized spacial score (nSPS) is 11.8. The molecule has 0 atom stereocenters. The SMILES string of the molecule is NCCOCCNc1nnc(C(F)(F)F)s1. The third kappa shape index (κ3) is 4.29. The minimum atomic E-state index is -4.44. The maximum atomic E-state index is 12.1. The summed E-state index contributed by atoms with van der Waals surface area (Å²) in [6.07, 6.45) is -4.44. The highest BCUT2D eigenvalue weighted by molar-refractivity contribution is 7.15. The average molecular weight is 256 g/mol. The summed E-state index contributed by atoms with van der Waals surface area (Å²) >= 11 is 0.465. The van der Waals surface area contributed by atoms with Gasteiger partial charge in [0, 0.05) is 13.1 Å². The monoisotopic (exact) mass is 256 g/mol. The number of hydrogen-bond acceptors (Lipinski definition) is 6. The van der Waals surface area contributed by atoms with Gasteiger partial charge >= 0.3 is 6.18 Å². The Labute approximate surface area is 93.8 Å². The summed E-state index contributed by atoms with van der Waals surface area (Å²) in [4.78, 5) is 0. The minimum absolute atomic E-state index is 0.128. The predicted molar refractivity (Wildman–Crippen MR) is 53.3 cm³/mol. The van der Waals surface area contributed by atoms with Crippen LogP contribution in [-0.4, -0.2) is 36.5 Å². The van der Waals surface area contributed by atoms with Crippen LogP contribution in [0.25, 0.3) is 0 Å². The lowest BCUT2D eigenvalue weighted by Crippen LogP contribution is -2.14. The zero-order valence-electron chi connectivity index (χ0n) is 8.25. The van der Waals surface area contributed by atoms with Crippen LogP contribution in [-0.2, 0) is 10.9 Å². The Morgan fingerprint density at radius 1 is 1.31 bits per heavy atom. The van der Waals surface area contributed by atoms with Crippen molar-refractivity contribution in [2.24, 2.45) is 5.73 Å². The molecule has 0 saturated heterocycles. The van der Waals surface area contributed by atoms with Crippen molar-refractivity contribution in [2.45, 2.75) is 6.18 Å². The van der Waals surface area contributed by atoms with Crippen LogP contribution in [0.3, 0.4) is 0 Å². The highest BCUT2D eigenvalue weighted by Crippen LogP contribution is 2.32. The summed E-state index contributed by atoms with van der Waals surface area (Å²) in [5.41, 5.74) is 5.18. The molecule has 16 heavy (non-hydrogen) atoms. The van der Waals surface area contributed by atoms with Crippen LogP contribution in [0.15, 0.2) is 0 Å². The number of halogens is 3. The van der Waals surface area contributed by atoms with Gasteiger partial charge in [0.05, 0.1) is 13.2 Å². The standard InChI is InChI=1S/C7H11F3N4OS/c8-7(9,10)5-13-14-6(16-5)12-2-4-15-3-1-11/h1-4,11H2,(H,12,14). The minimum Gasteiger partial charge on any atom is -0.378 e. The highest BCUT2D eigenvalue weighted by Gasteiger charge is 2.35. The van der Waals surface area contributed by atoms with Crippen molar-refractivity contribution >= 4 is 16.5 Å². The van der Waals surface area contributed by atoms with Gasteiger partial charge in [-0.1, -0.05) is 11.3 Å². The number of hydrogen-bond donors (Lipinski definition) is 2. The van der Waals surface area contributed by atoms with Crippen LogP contribution >= 0.6 is 11.3 Å². The third-order valence-corrected chi connectivity index (χ3v) is 2.38. The van der Waals surface area contributed by atoms with E-state index < -0.39 is 11.2 Å². The predicted octanol–water partition coefficient (Wildman–Crippen LogP) is 0.944. The summed E-state index contributed by atoms with van der Waals surface area (Å²) in [5.74, 6) is 0. The van der Waals surface area contributed by atoms with Crippen molar-refractivity contribution in [1.29, 1.82) is 0 Å². The van der Waals surface area contributed by atoms with E-state index in [0.29, 0.717) is 37.6 Å². The molecule has 0 bridgehead atoms. The molecule has 0 aliphatic carbocycles. The van der Waals surface area contributed by atoms with Crippen molar-refractivity contribution in [3.8, 4) is 0 Å². The van der Waals surface area contributed by atoms with Crippen molar-refractivity contribution in [3.63, 3.8) is 0 Å². The lowest BCUT2D eigenvalue weighted by molar-refractivity contribution is -0.138. The van der Waals surface area contributed by atoms with Crippen LogP contribution < -0.4 is 11.1 Å². The molecule has 0 aliphatic rings. The van der Waals surface area contributed by atoms with Gasteiger partial charge in [-0.2, -0.15) is 13.2 Å². The first kappa shape index (κ1) is 13.1. The van der Waals surface area contributed by atoms with E-state index in [1.54, 1.807) is 0 Å². The first-order valence-electron chi connectivity index (χ1n) is 4.46. The molecule has 1 aromatic heterocycles. The van der Waals surface area contributed by atoms with Crippen LogP contribution in [0.2, 0.25) is 0 Å². The molecule has 0 radical (unpaired) electrons. The largest absolute Gasteiger partial charge is 0.445 e. The maximum absolute atomic E-state index is 12.1. The van der Waals surface area contributed by atoms with Crippen molar-refractivity contribution in [1.82, 2.24) is 10.2 Å². The van der Waals surface area contributed by atoms with E-state index in [1.807, 2.05) is 0 Å². The number of nitrogens with two attached hydrogens (primary N) is 1. The molecule has 0 spiro atoms. The van der Waals surface area contributed by atoms with E-state index in [4.69, 9.17) is 10.5 Å². The lowest BCUT2D eigenvalue weighted by atomic mass is 10.6. The molecule has 1 heterocycles. The molecule has 9 heteroatoms. The molecule has 5 nitrogen and oxygen atoms in total. The average Bonchev–Trinajstić information content (AvgIpc) is 2.65. The molecular formula is C7H11F3N4OS. The quantitative estimate of drug-likeness (QED) is 0.741. The summed E-state index contributed by atoms with van der Waals surface area (Å²) < 4.78 is 41.4. The Morgan fingerprint density at radius 2 is 2.06 bits per heavy atom. The maximum Gasteiger partial charge on any atom is 0.445 e. The number of rotatable bonds is 6. The zero-order chi connectivity index (χ0) is 12.0. The fourth-order valence-corrected chi connectivity index (χ4v) is 1.46. The van der Waals surface area contributed by atoms with E-state index in [0.717, 1.165) is 0 Å². The van der Waals surface area contributed by atoms with E-state index in [1.165, 1.54) is 0 Å². The fraction of sp³-hybridized carbons (Fsp3) is 0.714. The zero-order valence-corrected chi connectivity index (χ0v) is 9.07. The molecule has 1 aromatic rings. The van der Waals surface area contributed by atoms with E-state index >= 15 is 0 Å². The second kappa shape index (κ2) is 5.97. The first-order valence-corrected chi connectivity index (χ1v) is 5.28. The molecule has 0 saturated carbocycles. The van der Waals surface area contributed by atoms with Crippen LogP contribution in [0.4, 0.5) is 18.3 Å². The molecule has 92 valence electrons. The van der Waals surface area contributed by atoms with E-state index in [2.05, 4.69) is 15.5 Å². The van der Waals surface area contributed by atoms with Gasteiger partial charge in [-0.3, -0.25) is 0 Å². The number of alkyl halides is 3. The first-order chi connectivity index (χ1) is 7.54. The second-order valence-electron chi connectivity index (χ2n) is 2.74. The van der Waals surface area contributed by atoms with E-state index in [9.17, 15) is 13.2 Å². The molecule has 0 aromatic carbocycles. The number of ether oxygens (including phenoxy) is 1. The van der Waals surface area contributed by atoms with Gasteiger partial charge in [-0.15, -0.1) is 10.2 Å². The van der Waals surface area contributed by atoms with Gasteiger partial charge in [-0.05, 0) is 0 Å². The Balaban J connectivity index is 2.30. The number of aromatic nitrogens is 2. The summed E-state index contributed by atoms with van der Waals surface area (Å²) in [5, 5.41) is 8.22. The summed E-state index contributed by atoms with van der Waals surface area (Å²) in [6.45, 7) is 1.56. The molecular weight excluding hydrogens is 245 g/mol. The van der Waals surface area contributed by atoms with Crippen molar-refractivity contribution in [3.05, 3.63) is 5.01 Å². The molecule has 3 N–H and O–H groups in total. The van der Waals surface area contributed by atoms with Gasteiger partial charge < -0.3 is 15.8 Å². The van der Waals surface area contributed by atoms with Gasteiger partial charge in [-0.25, -0.2) is 0 Å². The Hall–Kier alpha value is -0.930. The molecule has 0 aliphatic heterocycles. The van der Waals surface area contributed by atoms with Crippen molar-refractivity contribution < 1.29 is 17.9 Å². The highest BCUT2D eigenvalue weighted by atomic mass is 32.1. The fourth-order valence-electron chi connectivity index (χ4n) is 0.825. The Morgan fingerprint density at radius 3 is 2.62 bits per heavy atom. The van der Waals surface area contributed by atoms with Crippen LogP contribution in [0, 0.1) is 0 Å². The van der Waals surface area contributed by atoms with Crippen LogP contribution in [0.5, 0.6) is 0 Å². The molecule has 0 unspecified atom stereocenters. The molecule has 1 rings (SSSR count). The topological polar surface area (TPSA) is 73.1 Å². The molecule has 0 fully saturated rings. The molecule has 0 amide bonds. The number of nitrogens with zero attached hydrogens (tertiary/aromatic N) is 2. The Kier molecular flexibility index (Phi) is 4.90. The smallest absolute Gasteiger partial charge is 0.378 e. The Bertz CT molecular complexity index is 317. The van der Waals surface area contributed by atoms with Crippen LogP contribution in [0.1, 0.15) is 5.01 Å². The summed E-state index contributed by atoms with van der Waals surface area (Å²) in [6, 6.07) is 0. The van der Waals surface area contributed by atoms with E-state index in [-0.39, 0.29) is 5.13 Å². The third-order valence-electron chi connectivity index (χ3n) is 1.45. The second-order valence-corrected chi connectivity index (χ2v) is 3.72. The summed E-state index contributed by atoms with van der Waals surface area (Å²) in [7, 11) is 0. The number of nitrogens with one attached hydrogen (secondary N) is 1. The van der Waals surface area contributed by atoms with Gasteiger partial charge in [0.1, 0.15) is 0 Å². The van der Waals surface area contributed by atoms with Gasteiger partial charge in [0.25, 0.3) is 0 Å². The van der Waals surface area contributed by atoms with Gasteiger partial charge in [0.2, 0.25) is 10.1 Å². The number of anilines is 1. The van der Waals surface area contributed by atoms with Crippen molar-refractivity contribution in [2.75, 3.05) is 31.6 Å². The van der Waals surface area contributed by atoms with Gasteiger partial charge in [0.15, 0.2) is 0 Å². The lowest BCUT2D eigenvalue weighted by Gasteiger charge is -2.02.